The molecular formula is C15H18BrN5. The molecule has 0 spiro atoms. The molecule has 0 amide bonds. The molecule has 3 rings (SSSR count). The summed E-state index contributed by atoms with van der Waals surface area (Å²) in [5.74, 6) is 1.68. The molecular weight excluding hydrogens is 330 g/mol. The van der Waals surface area contributed by atoms with E-state index in [0.29, 0.717) is 0 Å². The van der Waals surface area contributed by atoms with Crippen LogP contribution in [0.5, 0.6) is 0 Å². The van der Waals surface area contributed by atoms with Gasteiger partial charge in [-0.2, -0.15) is 0 Å². The van der Waals surface area contributed by atoms with Gasteiger partial charge in [0, 0.05) is 5.41 Å². The van der Waals surface area contributed by atoms with E-state index in [1.54, 1.807) is 0 Å². The van der Waals surface area contributed by atoms with Crippen LogP contribution in [0.25, 0.3) is 0 Å². The third kappa shape index (κ3) is 2.87. The van der Waals surface area contributed by atoms with Gasteiger partial charge in [-0.1, -0.05) is 51.1 Å². The molecule has 1 aliphatic rings. The summed E-state index contributed by atoms with van der Waals surface area (Å²) in [6.45, 7) is 7.06. The molecule has 0 radical (unpaired) electrons. The molecule has 6 heteroatoms. The zero-order valence-electron chi connectivity index (χ0n) is 12.3. The van der Waals surface area contributed by atoms with Crippen molar-refractivity contribution in [3.8, 4) is 0 Å². The van der Waals surface area contributed by atoms with E-state index in [9.17, 15) is 0 Å². The van der Waals surface area contributed by atoms with Gasteiger partial charge in [0.05, 0.1) is 6.54 Å². The van der Waals surface area contributed by atoms with Crippen LogP contribution in [0.1, 0.15) is 32.2 Å². The average molecular weight is 348 g/mol. The van der Waals surface area contributed by atoms with Crippen molar-refractivity contribution >= 4 is 27.4 Å². The number of fused-ring (bicyclic) bond motifs is 1. The summed E-state index contributed by atoms with van der Waals surface area (Å²) in [5.41, 5.74) is 8.25. The van der Waals surface area contributed by atoms with E-state index in [2.05, 4.69) is 64.8 Å². The molecule has 2 heterocycles. The molecule has 0 fully saturated rings. The van der Waals surface area contributed by atoms with E-state index in [1.807, 2.05) is 23.2 Å². The van der Waals surface area contributed by atoms with Crippen molar-refractivity contribution in [3.63, 3.8) is 0 Å². The molecule has 1 aliphatic heterocycles. The molecule has 1 aromatic carbocycles. The van der Waals surface area contributed by atoms with Crippen LogP contribution in [0.3, 0.4) is 0 Å². The normalized spacial score (nSPS) is 14.0. The molecule has 1 aromatic heterocycles. The zero-order valence-corrected chi connectivity index (χ0v) is 13.9. The molecule has 2 N–H and O–H groups in total. The van der Waals surface area contributed by atoms with E-state index in [-0.39, 0.29) is 5.41 Å². The highest BCUT2D eigenvalue weighted by Gasteiger charge is 2.28. The van der Waals surface area contributed by atoms with Gasteiger partial charge in [0.25, 0.3) is 0 Å². The SMILES string of the molecule is CC(C)(C)c1nc(Br)c2c(n1)N(Cc1ccccc1)NN2. The van der Waals surface area contributed by atoms with Crippen LogP contribution < -0.4 is 16.0 Å². The lowest BCUT2D eigenvalue weighted by molar-refractivity contribution is 0.543. The van der Waals surface area contributed by atoms with Crippen LogP contribution in [0.4, 0.5) is 11.5 Å². The Balaban J connectivity index is 1.95. The lowest BCUT2D eigenvalue weighted by Crippen LogP contribution is -2.35. The van der Waals surface area contributed by atoms with Crippen LogP contribution >= 0.6 is 15.9 Å². The summed E-state index contributed by atoms with van der Waals surface area (Å²) in [7, 11) is 0. The Bertz CT molecular complexity index is 651. The maximum atomic E-state index is 4.72. The predicted octanol–water partition coefficient (Wildman–Crippen LogP) is 3.39. The zero-order chi connectivity index (χ0) is 15.0. The van der Waals surface area contributed by atoms with Gasteiger partial charge in [-0.3, -0.25) is 10.4 Å². The molecule has 0 saturated carbocycles. The lowest BCUT2D eigenvalue weighted by Gasteiger charge is -2.20. The lowest BCUT2D eigenvalue weighted by atomic mass is 9.96. The molecule has 0 bridgehead atoms. The van der Waals surface area contributed by atoms with E-state index >= 15 is 0 Å². The second kappa shape index (κ2) is 5.27. The summed E-state index contributed by atoms with van der Waals surface area (Å²) in [6, 6.07) is 10.3. The Labute approximate surface area is 132 Å². The first-order valence-electron chi connectivity index (χ1n) is 6.86. The van der Waals surface area contributed by atoms with E-state index < -0.39 is 0 Å². The Hall–Kier alpha value is -1.66. The Morgan fingerprint density at radius 3 is 2.52 bits per heavy atom. The molecule has 0 unspecified atom stereocenters. The van der Waals surface area contributed by atoms with Crippen molar-refractivity contribution in [1.82, 2.24) is 15.5 Å². The number of rotatable bonds is 2. The van der Waals surface area contributed by atoms with Crippen LogP contribution in [0, 0.1) is 0 Å². The number of hydrogen-bond acceptors (Lipinski definition) is 5. The second-order valence-corrected chi connectivity index (χ2v) is 6.85. The maximum absolute atomic E-state index is 4.72. The monoisotopic (exact) mass is 347 g/mol. The van der Waals surface area contributed by atoms with Gasteiger partial charge < -0.3 is 0 Å². The molecule has 0 atom stereocenters. The summed E-state index contributed by atoms with van der Waals surface area (Å²) < 4.78 is 0.778. The molecule has 21 heavy (non-hydrogen) atoms. The number of nitrogens with one attached hydrogen (secondary N) is 2. The van der Waals surface area contributed by atoms with Crippen molar-refractivity contribution in [3.05, 3.63) is 46.3 Å². The number of benzene rings is 1. The first kappa shape index (κ1) is 14.3. The van der Waals surface area contributed by atoms with Gasteiger partial charge in [0.1, 0.15) is 16.1 Å². The Kier molecular flexibility index (Phi) is 3.59. The third-order valence-corrected chi connectivity index (χ3v) is 3.85. The minimum Gasteiger partial charge on any atom is -0.298 e. The van der Waals surface area contributed by atoms with Crippen LogP contribution in [0.15, 0.2) is 34.9 Å². The maximum Gasteiger partial charge on any atom is 0.174 e. The topological polar surface area (TPSA) is 53.1 Å². The number of aromatic nitrogens is 2. The fraction of sp³-hybridized carbons (Fsp3) is 0.333. The van der Waals surface area contributed by atoms with Crippen molar-refractivity contribution in [2.75, 3.05) is 10.4 Å². The molecule has 0 aliphatic carbocycles. The van der Waals surface area contributed by atoms with E-state index in [4.69, 9.17) is 4.98 Å². The average Bonchev–Trinajstić information content (AvgIpc) is 2.83. The van der Waals surface area contributed by atoms with Gasteiger partial charge in [0.2, 0.25) is 0 Å². The highest BCUT2D eigenvalue weighted by molar-refractivity contribution is 9.10. The third-order valence-electron chi connectivity index (χ3n) is 3.27. The molecule has 5 nitrogen and oxygen atoms in total. The van der Waals surface area contributed by atoms with Crippen molar-refractivity contribution < 1.29 is 0 Å². The standard InChI is InChI=1S/C15H18BrN5/c1-15(2,3)14-17-12(16)11-13(18-14)21(20-19-11)9-10-7-5-4-6-8-10/h4-8,19-20H,9H2,1-3H3. The second-order valence-electron chi connectivity index (χ2n) is 6.10. The van der Waals surface area contributed by atoms with Crippen LogP contribution in [0.2, 0.25) is 0 Å². The van der Waals surface area contributed by atoms with Crippen molar-refractivity contribution in [2.45, 2.75) is 32.7 Å². The molecule has 110 valence electrons. The minimum absolute atomic E-state index is 0.0987. The van der Waals surface area contributed by atoms with Gasteiger partial charge >= 0.3 is 0 Å². The Morgan fingerprint density at radius 2 is 1.86 bits per heavy atom. The van der Waals surface area contributed by atoms with Gasteiger partial charge in [-0.25, -0.2) is 9.97 Å². The van der Waals surface area contributed by atoms with Gasteiger partial charge in [-0.15, -0.1) is 5.53 Å². The minimum atomic E-state index is -0.0987. The van der Waals surface area contributed by atoms with Crippen molar-refractivity contribution in [1.29, 1.82) is 0 Å². The number of hydrogen-bond donors (Lipinski definition) is 2. The van der Waals surface area contributed by atoms with E-state index in [0.717, 1.165) is 28.5 Å². The fourth-order valence-electron chi connectivity index (χ4n) is 2.12. The number of nitrogens with zero attached hydrogens (tertiary/aromatic N) is 3. The highest BCUT2D eigenvalue weighted by atomic mass is 79.9. The first-order chi connectivity index (χ1) is 9.95. The Morgan fingerprint density at radius 1 is 1.14 bits per heavy atom. The number of hydrazine groups is 2. The summed E-state index contributed by atoms with van der Waals surface area (Å²) in [5, 5.41) is 1.99. The number of anilines is 2. The summed E-state index contributed by atoms with van der Waals surface area (Å²) >= 11 is 3.52. The van der Waals surface area contributed by atoms with Gasteiger partial charge in [-0.05, 0) is 21.5 Å². The summed E-state index contributed by atoms with van der Waals surface area (Å²) in [4.78, 5) is 9.26. The largest absolute Gasteiger partial charge is 0.298 e. The fourth-order valence-corrected chi connectivity index (χ4v) is 2.56. The summed E-state index contributed by atoms with van der Waals surface area (Å²) in [6.07, 6.45) is 0. The molecule has 0 saturated heterocycles. The quantitative estimate of drug-likeness (QED) is 0.815. The number of halogens is 1. The van der Waals surface area contributed by atoms with Crippen LogP contribution in [-0.4, -0.2) is 9.97 Å². The highest BCUT2D eigenvalue weighted by Crippen LogP contribution is 2.35. The predicted molar refractivity (Wildman–Crippen MR) is 87.8 cm³/mol. The van der Waals surface area contributed by atoms with Gasteiger partial charge in [0.15, 0.2) is 5.82 Å². The first-order valence-corrected chi connectivity index (χ1v) is 7.65. The smallest absolute Gasteiger partial charge is 0.174 e. The van der Waals surface area contributed by atoms with Crippen molar-refractivity contribution in [2.24, 2.45) is 0 Å². The molecule has 2 aromatic rings. The van der Waals surface area contributed by atoms with Crippen LogP contribution in [-0.2, 0) is 12.0 Å². The van der Waals surface area contributed by atoms with E-state index in [1.165, 1.54) is 5.56 Å².